The molecule has 1 saturated carbocycles. The van der Waals surface area contributed by atoms with Crippen molar-refractivity contribution < 1.29 is 18.0 Å². The Morgan fingerprint density at radius 1 is 1.35 bits per heavy atom. The number of hydrogen-bond donors (Lipinski definition) is 0. The number of benzene rings is 1. The first kappa shape index (κ1) is 14.9. The average Bonchev–Trinajstić information content (AvgIpc) is 3.20. The predicted molar refractivity (Wildman–Crippen MR) is 72.1 cm³/mol. The van der Waals surface area contributed by atoms with Gasteiger partial charge in [-0.25, -0.2) is 0 Å². The number of halogens is 3. The van der Waals surface area contributed by atoms with Crippen LogP contribution in [0, 0.1) is 5.92 Å². The fraction of sp³-hybridized carbons (Fsp3) is 0.533. The van der Waals surface area contributed by atoms with E-state index < -0.39 is 11.7 Å². The van der Waals surface area contributed by atoms with Crippen LogP contribution in [0.15, 0.2) is 18.2 Å². The van der Waals surface area contributed by atoms with Gasteiger partial charge in [0.05, 0.1) is 5.56 Å². The summed E-state index contributed by atoms with van der Waals surface area (Å²) in [5.41, 5.74) is -0.461. The van der Waals surface area contributed by atoms with Crippen LogP contribution in [0.1, 0.15) is 42.1 Å². The zero-order valence-corrected chi connectivity index (χ0v) is 11.4. The average molecular weight is 285 g/mol. The molecule has 0 heterocycles. The number of carbonyl (C=O) groups is 1. The Balaban J connectivity index is 2.38. The molecular formula is C15H18F3NO. The molecule has 0 saturated heterocycles. The van der Waals surface area contributed by atoms with Gasteiger partial charge in [0, 0.05) is 24.3 Å². The third-order valence-corrected chi connectivity index (χ3v) is 3.47. The van der Waals surface area contributed by atoms with Crippen LogP contribution in [-0.4, -0.2) is 19.4 Å². The molecule has 0 aliphatic heterocycles. The lowest BCUT2D eigenvalue weighted by atomic mass is 10.1. The lowest BCUT2D eigenvalue weighted by Crippen LogP contribution is -2.29. The first-order valence-corrected chi connectivity index (χ1v) is 6.87. The highest BCUT2D eigenvalue weighted by Gasteiger charge is 2.36. The van der Waals surface area contributed by atoms with Crippen molar-refractivity contribution in [2.24, 2.45) is 5.92 Å². The summed E-state index contributed by atoms with van der Waals surface area (Å²) >= 11 is 0. The molecule has 0 aromatic heterocycles. The molecule has 2 rings (SSSR count). The van der Waals surface area contributed by atoms with Gasteiger partial charge < -0.3 is 4.90 Å². The summed E-state index contributed by atoms with van der Waals surface area (Å²) in [5.74, 6) is 0.508. The molecule has 1 aliphatic rings. The van der Waals surface area contributed by atoms with E-state index in [2.05, 4.69) is 0 Å². The molecule has 1 aliphatic carbocycles. The minimum atomic E-state index is -4.44. The van der Waals surface area contributed by atoms with Crippen molar-refractivity contribution in [3.8, 4) is 0 Å². The maximum absolute atomic E-state index is 13.2. The third kappa shape index (κ3) is 3.52. The molecule has 2 nitrogen and oxygen atoms in total. The van der Waals surface area contributed by atoms with Crippen molar-refractivity contribution in [3.63, 3.8) is 0 Å². The summed E-state index contributed by atoms with van der Waals surface area (Å²) in [4.78, 5) is 12.5. The molecule has 0 unspecified atom stereocenters. The zero-order chi connectivity index (χ0) is 14.8. The van der Waals surface area contributed by atoms with Crippen LogP contribution in [0.5, 0.6) is 0 Å². The quantitative estimate of drug-likeness (QED) is 0.732. The number of alkyl halides is 3. The SMILES string of the molecule is CCCN(CC1CC1)c1ccc(C=O)cc1C(F)(F)F. The van der Waals surface area contributed by atoms with Gasteiger partial charge in [-0.2, -0.15) is 13.2 Å². The van der Waals surface area contributed by atoms with Gasteiger partial charge in [0.25, 0.3) is 0 Å². The fourth-order valence-corrected chi connectivity index (χ4v) is 2.32. The lowest BCUT2D eigenvalue weighted by Gasteiger charge is -2.27. The van der Waals surface area contributed by atoms with E-state index in [1.807, 2.05) is 6.92 Å². The standard InChI is InChI=1S/C15H18F3NO/c1-2-7-19(9-11-3-4-11)14-6-5-12(10-20)8-13(14)15(16,17)18/h5-6,8,10-11H,2-4,7,9H2,1H3. The van der Waals surface area contributed by atoms with Gasteiger partial charge in [-0.15, -0.1) is 0 Å². The molecule has 1 fully saturated rings. The maximum Gasteiger partial charge on any atom is 0.418 e. The number of anilines is 1. The Morgan fingerprint density at radius 3 is 2.55 bits per heavy atom. The molecule has 0 spiro atoms. The van der Waals surface area contributed by atoms with Gasteiger partial charge in [0.15, 0.2) is 0 Å². The number of rotatable bonds is 6. The molecule has 110 valence electrons. The number of nitrogens with zero attached hydrogens (tertiary/aromatic N) is 1. The summed E-state index contributed by atoms with van der Waals surface area (Å²) in [6.45, 7) is 3.21. The van der Waals surface area contributed by atoms with Crippen molar-refractivity contribution >= 4 is 12.0 Å². The van der Waals surface area contributed by atoms with Gasteiger partial charge in [-0.1, -0.05) is 6.92 Å². The highest BCUT2D eigenvalue weighted by molar-refractivity contribution is 5.77. The van der Waals surface area contributed by atoms with E-state index in [0.717, 1.165) is 25.3 Å². The number of carbonyl (C=O) groups excluding carboxylic acids is 1. The first-order chi connectivity index (χ1) is 9.45. The summed E-state index contributed by atoms with van der Waals surface area (Å²) in [7, 11) is 0. The van der Waals surface area contributed by atoms with Gasteiger partial charge in [-0.05, 0) is 43.4 Å². The molecule has 1 aromatic rings. The van der Waals surface area contributed by atoms with Crippen LogP contribution in [0.2, 0.25) is 0 Å². The van der Waals surface area contributed by atoms with Crippen molar-refractivity contribution in [2.45, 2.75) is 32.4 Å². The normalized spacial score (nSPS) is 15.2. The van der Waals surface area contributed by atoms with E-state index >= 15 is 0 Å². The molecule has 0 bridgehead atoms. The second-order valence-corrected chi connectivity index (χ2v) is 5.28. The van der Waals surface area contributed by atoms with Crippen LogP contribution in [0.4, 0.5) is 18.9 Å². The molecule has 0 amide bonds. The predicted octanol–water partition coefficient (Wildman–Crippen LogP) is 4.14. The van der Waals surface area contributed by atoms with Crippen LogP contribution < -0.4 is 4.90 Å². The number of aldehydes is 1. The minimum absolute atomic E-state index is 0.0592. The Labute approximate surface area is 116 Å². The second-order valence-electron chi connectivity index (χ2n) is 5.28. The van der Waals surface area contributed by atoms with Gasteiger partial charge >= 0.3 is 6.18 Å². The van der Waals surface area contributed by atoms with E-state index in [1.54, 1.807) is 4.90 Å². The van der Waals surface area contributed by atoms with E-state index in [-0.39, 0.29) is 11.3 Å². The summed E-state index contributed by atoms with van der Waals surface area (Å²) in [5, 5.41) is 0. The number of hydrogen-bond acceptors (Lipinski definition) is 2. The smallest absolute Gasteiger partial charge is 0.371 e. The Hall–Kier alpha value is -1.52. The van der Waals surface area contributed by atoms with Gasteiger partial charge in [0.1, 0.15) is 6.29 Å². The Kier molecular flexibility index (Phi) is 4.35. The molecule has 0 N–H and O–H groups in total. The van der Waals surface area contributed by atoms with E-state index in [4.69, 9.17) is 0 Å². The largest absolute Gasteiger partial charge is 0.418 e. The fourth-order valence-electron chi connectivity index (χ4n) is 2.32. The maximum atomic E-state index is 13.2. The molecule has 20 heavy (non-hydrogen) atoms. The van der Waals surface area contributed by atoms with Crippen molar-refractivity contribution in [3.05, 3.63) is 29.3 Å². The molecule has 5 heteroatoms. The Bertz CT molecular complexity index is 480. The molecule has 0 atom stereocenters. The highest BCUT2D eigenvalue weighted by atomic mass is 19.4. The summed E-state index contributed by atoms with van der Waals surface area (Å²) in [6, 6.07) is 3.82. The minimum Gasteiger partial charge on any atom is -0.371 e. The van der Waals surface area contributed by atoms with Crippen LogP contribution in [0.25, 0.3) is 0 Å². The zero-order valence-electron chi connectivity index (χ0n) is 11.4. The first-order valence-electron chi connectivity index (χ1n) is 6.87. The van der Waals surface area contributed by atoms with Crippen LogP contribution >= 0.6 is 0 Å². The van der Waals surface area contributed by atoms with Crippen molar-refractivity contribution in [1.29, 1.82) is 0 Å². The van der Waals surface area contributed by atoms with Gasteiger partial charge in [-0.3, -0.25) is 4.79 Å². The molecular weight excluding hydrogens is 267 g/mol. The van der Waals surface area contributed by atoms with Crippen molar-refractivity contribution in [1.82, 2.24) is 0 Å². The lowest BCUT2D eigenvalue weighted by molar-refractivity contribution is -0.137. The van der Waals surface area contributed by atoms with Crippen LogP contribution in [0.3, 0.4) is 0 Å². The highest BCUT2D eigenvalue weighted by Crippen LogP contribution is 2.39. The molecule has 0 radical (unpaired) electrons. The van der Waals surface area contributed by atoms with E-state index in [0.29, 0.717) is 25.3 Å². The van der Waals surface area contributed by atoms with E-state index in [1.165, 1.54) is 12.1 Å². The van der Waals surface area contributed by atoms with Crippen molar-refractivity contribution in [2.75, 3.05) is 18.0 Å². The summed E-state index contributed by atoms with van der Waals surface area (Å²) in [6.07, 6.45) is -1.02. The summed E-state index contributed by atoms with van der Waals surface area (Å²) < 4.78 is 39.5. The van der Waals surface area contributed by atoms with E-state index in [9.17, 15) is 18.0 Å². The Morgan fingerprint density at radius 2 is 2.05 bits per heavy atom. The van der Waals surface area contributed by atoms with Gasteiger partial charge in [0.2, 0.25) is 0 Å². The topological polar surface area (TPSA) is 20.3 Å². The van der Waals surface area contributed by atoms with Crippen LogP contribution in [-0.2, 0) is 6.18 Å². The monoisotopic (exact) mass is 285 g/mol. The second kappa shape index (κ2) is 5.85. The third-order valence-electron chi connectivity index (χ3n) is 3.47. The molecule has 1 aromatic carbocycles.